The summed E-state index contributed by atoms with van der Waals surface area (Å²) in [5, 5.41) is 1.59. The minimum Gasteiger partial charge on any atom is -0.467 e. The average Bonchev–Trinajstić information content (AvgIpc) is 3.05. The first-order valence-corrected chi connectivity index (χ1v) is 9.11. The van der Waals surface area contributed by atoms with Crippen LogP contribution < -0.4 is 0 Å². The molecule has 0 radical (unpaired) electrons. The molecule has 1 aliphatic heterocycles. The number of rotatable bonds is 2. The summed E-state index contributed by atoms with van der Waals surface area (Å²) < 4.78 is 5.01. The highest BCUT2D eigenvalue weighted by molar-refractivity contribution is 6.31. The van der Waals surface area contributed by atoms with Crippen LogP contribution in [0, 0.1) is 0 Å². The fraction of sp³-hybridized carbons (Fsp3) is 0.238. The van der Waals surface area contributed by atoms with Gasteiger partial charge in [0.2, 0.25) is 5.91 Å². The molecule has 1 amide bonds. The number of nitrogens with zero attached hydrogens (tertiary/aromatic N) is 1. The molecular formula is C21H19ClN2O3. The monoisotopic (exact) mass is 382 g/mol. The maximum absolute atomic E-state index is 12.6. The molecule has 2 heterocycles. The molecule has 0 bridgehead atoms. The van der Waals surface area contributed by atoms with E-state index in [4.69, 9.17) is 16.3 Å². The van der Waals surface area contributed by atoms with Crippen LogP contribution in [-0.2, 0) is 20.7 Å². The standard InChI is InChI=1S/C21H19ClN2O3/c1-12(25)24-18(21(26)27-2)11-15-13-7-4-6-10-17(13)23-19(15)20(24)14-8-3-5-9-16(14)22/h3-10,18,20,23H,11H2,1-2H3/t18-,20?/m0/s1. The molecule has 0 saturated heterocycles. The zero-order chi connectivity index (χ0) is 19.1. The number of aromatic amines is 1. The van der Waals surface area contributed by atoms with Gasteiger partial charge in [0.05, 0.1) is 13.2 Å². The van der Waals surface area contributed by atoms with Crippen molar-refractivity contribution in [3.8, 4) is 0 Å². The zero-order valence-corrected chi connectivity index (χ0v) is 15.8. The number of fused-ring (bicyclic) bond motifs is 3. The molecule has 3 aromatic rings. The van der Waals surface area contributed by atoms with Gasteiger partial charge in [0.15, 0.2) is 0 Å². The van der Waals surface area contributed by atoms with E-state index in [9.17, 15) is 9.59 Å². The van der Waals surface area contributed by atoms with Gasteiger partial charge in [0.1, 0.15) is 6.04 Å². The maximum atomic E-state index is 12.6. The SMILES string of the molecule is COC(=O)[C@@H]1Cc2c([nH]c3ccccc23)C(c2ccccc2Cl)N1C(C)=O. The number of para-hydroxylation sites is 1. The predicted octanol–water partition coefficient (Wildman–Crippen LogP) is 3.86. The first-order valence-electron chi connectivity index (χ1n) is 8.73. The Morgan fingerprint density at radius 3 is 2.56 bits per heavy atom. The van der Waals surface area contributed by atoms with Crippen LogP contribution in [-0.4, -0.2) is 34.9 Å². The lowest BCUT2D eigenvalue weighted by atomic mass is 9.88. The van der Waals surface area contributed by atoms with Crippen molar-refractivity contribution in [1.82, 2.24) is 9.88 Å². The molecule has 138 valence electrons. The molecule has 6 heteroatoms. The number of ether oxygens (including phenoxy) is 1. The molecule has 1 aliphatic rings. The number of halogens is 1. The lowest BCUT2D eigenvalue weighted by Gasteiger charge is -2.40. The van der Waals surface area contributed by atoms with Crippen LogP contribution in [0.5, 0.6) is 0 Å². The summed E-state index contributed by atoms with van der Waals surface area (Å²) in [5.41, 5.74) is 3.65. The second-order valence-corrected chi connectivity index (χ2v) is 7.06. The smallest absolute Gasteiger partial charge is 0.328 e. The normalized spacial score (nSPS) is 19.0. The van der Waals surface area contributed by atoms with E-state index >= 15 is 0 Å². The number of aromatic nitrogens is 1. The Morgan fingerprint density at radius 2 is 1.85 bits per heavy atom. The second-order valence-electron chi connectivity index (χ2n) is 6.66. The Balaban J connectivity index is 2.01. The Hall–Kier alpha value is -2.79. The van der Waals surface area contributed by atoms with Gasteiger partial charge < -0.3 is 14.6 Å². The number of H-pyrrole nitrogens is 1. The first kappa shape index (κ1) is 17.6. The number of nitrogens with one attached hydrogen (secondary N) is 1. The third kappa shape index (κ3) is 2.79. The quantitative estimate of drug-likeness (QED) is 0.684. The summed E-state index contributed by atoms with van der Waals surface area (Å²) in [6.07, 6.45) is 0.395. The van der Waals surface area contributed by atoms with Crippen LogP contribution in [0.4, 0.5) is 0 Å². The Morgan fingerprint density at radius 1 is 1.15 bits per heavy atom. The number of carbonyl (C=O) groups is 2. The zero-order valence-electron chi connectivity index (χ0n) is 15.0. The van der Waals surface area contributed by atoms with Crippen molar-refractivity contribution in [3.05, 3.63) is 70.4 Å². The van der Waals surface area contributed by atoms with Gasteiger partial charge in [-0.1, -0.05) is 48.0 Å². The fourth-order valence-corrected chi connectivity index (χ4v) is 4.26. The molecular weight excluding hydrogens is 364 g/mol. The maximum Gasteiger partial charge on any atom is 0.328 e. The van der Waals surface area contributed by atoms with Crippen LogP contribution >= 0.6 is 11.6 Å². The molecule has 4 rings (SSSR count). The van der Waals surface area contributed by atoms with Crippen molar-refractivity contribution in [1.29, 1.82) is 0 Å². The van der Waals surface area contributed by atoms with Crippen LogP contribution in [0.25, 0.3) is 10.9 Å². The highest BCUT2D eigenvalue weighted by atomic mass is 35.5. The largest absolute Gasteiger partial charge is 0.467 e. The number of carbonyl (C=O) groups excluding carboxylic acids is 2. The van der Waals surface area contributed by atoms with Crippen LogP contribution in [0.3, 0.4) is 0 Å². The summed E-state index contributed by atoms with van der Waals surface area (Å²) in [4.78, 5) is 30.2. The van der Waals surface area contributed by atoms with Gasteiger partial charge in [-0.3, -0.25) is 4.79 Å². The molecule has 5 nitrogen and oxygen atoms in total. The van der Waals surface area contributed by atoms with Gasteiger partial charge >= 0.3 is 5.97 Å². The molecule has 2 atom stereocenters. The van der Waals surface area contributed by atoms with E-state index in [1.165, 1.54) is 14.0 Å². The number of methoxy groups -OCH3 is 1. The third-order valence-electron chi connectivity index (χ3n) is 5.17. The van der Waals surface area contributed by atoms with Crippen molar-refractivity contribution in [2.75, 3.05) is 7.11 Å². The van der Waals surface area contributed by atoms with Gasteiger partial charge in [0, 0.05) is 35.0 Å². The number of hydrogen-bond acceptors (Lipinski definition) is 3. The summed E-state index contributed by atoms with van der Waals surface area (Å²) in [6, 6.07) is 14.1. The van der Waals surface area contributed by atoms with E-state index in [0.29, 0.717) is 11.4 Å². The molecule has 2 aromatic carbocycles. The Labute approximate surface area is 161 Å². The van der Waals surface area contributed by atoms with E-state index in [1.54, 1.807) is 11.0 Å². The van der Waals surface area contributed by atoms with Crippen molar-refractivity contribution in [2.24, 2.45) is 0 Å². The van der Waals surface area contributed by atoms with Gasteiger partial charge in [-0.2, -0.15) is 0 Å². The molecule has 27 heavy (non-hydrogen) atoms. The van der Waals surface area contributed by atoms with Crippen LogP contribution in [0.15, 0.2) is 48.5 Å². The topological polar surface area (TPSA) is 62.4 Å². The summed E-state index contributed by atoms with van der Waals surface area (Å²) in [7, 11) is 1.34. The van der Waals surface area contributed by atoms with E-state index < -0.39 is 18.1 Å². The highest BCUT2D eigenvalue weighted by Crippen LogP contribution is 2.42. The highest BCUT2D eigenvalue weighted by Gasteiger charge is 2.43. The molecule has 0 saturated carbocycles. The van der Waals surface area contributed by atoms with Crippen molar-refractivity contribution >= 4 is 34.4 Å². The lowest BCUT2D eigenvalue weighted by Crippen LogP contribution is -2.51. The van der Waals surface area contributed by atoms with E-state index in [1.807, 2.05) is 42.5 Å². The Kier molecular flexibility index (Phi) is 4.40. The van der Waals surface area contributed by atoms with Crippen LogP contribution in [0.1, 0.15) is 29.8 Å². The van der Waals surface area contributed by atoms with Gasteiger partial charge in [-0.25, -0.2) is 4.79 Å². The molecule has 0 fully saturated rings. The van der Waals surface area contributed by atoms with E-state index in [0.717, 1.165) is 27.7 Å². The number of hydrogen-bond donors (Lipinski definition) is 1. The third-order valence-corrected chi connectivity index (χ3v) is 5.51. The fourth-order valence-electron chi connectivity index (χ4n) is 4.02. The lowest BCUT2D eigenvalue weighted by molar-refractivity contribution is -0.154. The van der Waals surface area contributed by atoms with Crippen molar-refractivity contribution in [2.45, 2.75) is 25.4 Å². The molecule has 1 unspecified atom stereocenters. The number of esters is 1. The molecule has 1 aromatic heterocycles. The predicted molar refractivity (Wildman–Crippen MR) is 104 cm³/mol. The van der Waals surface area contributed by atoms with E-state index in [-0.39, 0.29) is 5.91 Å². The number of benzene rings is 2. The molecule has 1 N–H and O–H groups in total. The van der Waals surface area contributed by atoms with Gasteiger partial charge in [0.25, 0.3) is 0 Å². The molecule has 0 aliphatic carbocycles. The van der Waals surface area contributed by atoms with Crippen molar-refractivity contribution < 1.29 is 14.3 Å². The summed E-state index contributed by atoms with van der Waals surface area (Å²) in [6.45, 7) is 1.47. The summed E-state index contributed by atoms with van der Waals surface area (Å²) in [5.74, 6) is -0.641. The Bertz CT molecular complexity index is 1040. The first-order chi connectivity index (χ1) is 13.0. The minimum atomic E-state index is -0.708. The van der Waals surface area contributed by atoms with Crippen LogP contribution in [0.2, 0.25) is 5.02 Å². The average molecular weight is 383 g/mol. The minimum absolute atomic E-state index is 0.209. The van der Waals surface area contributed by atoms with Crippen molar-refractivity contribution in [3.63, 3.8) is 0 Å². The molecule has 0 spiro atoms. The van der Waals surface area contributed by atoms with Gasteiger partial charge in [-0.05, 0) is 23.3 Å². The number of amides is 1. The second kappa shape index (κ2) is 6.74. The van der Waals surface area contributed by atoms with Gasteiger partial charge in [-0.15, -0.1) is 0 Å². The van der Waals surface area contributed by atoms with E-state index in [2.05, 4.69) is 4.98 Å². The summed E-state index contributed by atoms with van der Waals surface area (Å²) >= 11 is 6.49.